The maximum absolute atomic E-state index is 5.02. The molecule has 0 spiro atoms. The molecule has 0 aliphatic heterocycles. The highest BCUT2D eigenvalue weighted by Crippen LogP contribution is 2.00. The zero-order valence-corrected chi connectivity index (χ0v) is 8.80. The molecule has 0 fully saturated rings. The first kappa shape index (κ1) is 12.3. The van der Waals surface area contributed by atoms with Crippen LogP contribution in [0.1, 0.15) is 45.4 Å². The van der Waals surface area contributed by atoms with Gasteiger partial charge in [-0.1, -0.05) is 38.5 Å². The van der Waals surface area contributed by atoms with Crippen molar-refractivity contribution in [1.82, 2.24) is 0 Å². The Balaban J connectivity index is 2.97. The predicted molar refractivity (Wildman–Crippen MR) is 58.7 cm³/mol. The monoisotopic (exact) mass is 182 g/mol. The third kappa shape index (κ3) is 11.3. The van der Waals surface area contributed by atoms with Crippen LogP contribution in [0.25, 0.3) is 0 Å². The third-order valence-electron chi connectivity index (χ3n) is 1.89. The van der Waals surface area contributed by atoms with Gasteiger partial charge in [0.1, 0.15) is 0 Å². The van der Waals surface area contributed by atoms with Crippen LogP contribution in [-0.4, -0.2) is 6.61 Å². The Morgan fingerprint density at radius 2 is 1.77 bits per heavy atom. The van der Waals surface area contributed by atoms with Gasteiger partial charge in [-0.2, -0.15) is 0 Å². The summed E-state index contributed by atoms with van der Waals surface area (Å²) in [6.45, 7) is 6.53. The molecule has 0 aromatic heterocycles. The van der Waals surface area contributed by atoms with Gasteiger partial charge in [0.05, 0.1) is 12.9 Å². The van der Waals surface area contributed by atoms with Crippen molar-refractivity contribution in [3.63, 3.8) is 0 Å². The quantitative estimate of drug-likeness (QED) is 0.297. The summed E-state index contributed by atoms with van der Waals surface area (Å²) in [5, 5.41) is 0. The van der Waals surface area contributed by atoms with E-state index in [9.17, 15) is 0 Å². The summed E-state index contributed by atoms with van der Waals surface area (Å²) in [5.41, 5.74) is 0. The number of rotatable bonds is 9. The molecule has 1 heteroatoms. The van der Waals surface area contributed by atoms with Gasteiger partial charge in [0.2, 0.25) is 0 Å². The van der Waals surface area contributed by atoms with E-state index in [2.05, 4.69) is 25.7 Å². The SMILES string of the molecule is C=COCCCCC=CCCCC. The van der Waals surface area contributed by atoms with Crippen molar-refractivity contribution in [1.29, 1.82) is 0 Å². The van der Waals surface area contributed by atoms with Gasteiger partial charge >= 0.3 is 0 Å². The molecule has 0 aromatic rings. The number of allylic oxidation sites excluding steroid dienone is 2. The molecule has 0 unspecified atom stereocenters. The fourth-order valence-corrected chi connectivity index (χ4v) is 1.09. The van der Waals surface area contributed by atoms with E-state index in [-0.39, 0.29) is 0 Å². The van der Waals surface area contributed by atoms with Crippen molar-refractivity contribution in [3.8, 4) is 0 Å². The van der Waals surface area contributed by atoms with Crippen molar-refractivity contribution in [2.24, 2.45) is 0 Å². The Morgan fingerprint density at radius 3 is 2.38 bits per heavy atom. The average molecular weight is 182 g/mol. The summed E-state index contributed by atoms with van der Waals surface area (Å²) in [6, 6.07) is 0. The van der Waals surface area contributed by atoms with Crippen molar-refractivity contribution in [2.45, 2.75) is 45.4 Å². The van der Waals surface area contributed by atoms with E-state index in [1.165, 1.54) is 38.4 Å². The van der Waals surface area contributed by atoms with Crippen LogP contribution < -0.4 is 0 Å². The topological polar surface area (TPSA) is 9.23 Å². The first-order valence-corrected chi connectivity index (χ1v) is 5.29. The van der Waals surface area contributed by atoms with Gasteiger partial charge in [-0.15, -0.1) is 0 Å². The number of hydrogen-bond donors (Lipinski definition) is 0. The van der Waals surface area contributed by atoms with Gasteiger partial charge in [-0.3, -0.25) is 0 Å². The Labute approximate surface area is 82.5 Å². The molecular weight excluding hydrogens is 160 g/mol. The Morgan fingerprint density at radius 1 is 1.08 bits per heavy atom. The van der Waals surface area contributed by atoms with Crippen LogP contribution >= 0.6 is 0 Å². The van der Waals surface area contributed by atoms with Crippen LogP contribution in [0.2, 0.25) is 0 Å². The van der Waals surface area contributed by atoms with E-state index < -0.39 is 0 Å². The van der Waals surface area contributed by atoms with Crippen molar-refractivity contribution in [3.05, 3.63) is 25.0 Å². The smallest absolute Gasteiger partial charge is 0.0873 e. The molecule has 0 rings (SSSR count). The number of hydrogen-bond acceptors (Lipinski definition) is 1. The van der Waals surface area contributed by atoms with Crippen molar-refractivity contribution in [2.75, 3.05) is 6.61 Å². The molecule has 0 bridgehead atoms. The summed E-state index contributed by atoms with van der Waals surface area (Å²) in [4.78, 5) is 0. The van der Waals surface area contributed by atoms with E-state index in [4.69, 9.17) is 4.74 Å². The van der Waals surface area contributed by atoms with E-state index >= 15 is 0 Å². The molecule has 0 amide bonds. The molecule has 0 radical (unpaired) electrons. The van der Waals surface area contributed by atoms with Gasteiger partial charge in [-0.05, 0) is 25.7 Å². The minimum absolute atomic E-state index is 0.812. The molecule has 0 N–H and O–H groups in total. The fraction of sp³-hybridized carbons (Fsp3) is 0.667. The predicted octanol–water partition coefficient (Wildman–Crippen LogP) is 4.06. The second kappa shape index (κ2) is 11.3. The molecule has 0 aliphatic rings. The van der Waals surface area contributed by atoms with Gasteiger partial charge < -0.3 is 4.74 Å². The summed E-state index contributed by atoms with van der Waals surface area (Å²) in [7, 11) is 0. The lowest BCUT2D eigenvalue weighted by atomic mass is 10.2. The highest BCUT2D eigenvalue weighted by molar-refractivity contribution is 4.81. The van der Waals surface area contributed by atoms with Crippen LogP contribution in [-0.2, 0) is 4.74 Å². The molecule has 0 heterocycles. The lowest BCUT2D eigenvalue weighted by Gasteiger charge is -1.97. The van der Waals surface area contributed by atoms with Gasteiger partial charge in [0, 0.05) is 0 Å². The first-order chi connectivity index (χ1) is 6.41. The minimum atomic E-state index is 0.812. The number of unbranched alkanes of at least 4 members (excludes halogenated alkanes) is 4. The number of ether oxygens (including phenoxy) is 1. The van der Waals surface area contributed by atoms with E-state index in [1.54, 1.807) is 0 Å². The minimum Gasteiger partial charge on any atom is -0.502 e. The lowest BCUT2D eigenvalue weighted by molar-refractivity contribution is 0.243. The summed E-state index contributed by atoms with van der Waals surface area (Å²) in [5.74, 6) is 0. The molecule has 0 aliphatic carbocycles. The van der Waals surface area contributed by atoms with E-state index in [0.717, 1.165) is 13.0 Å². The Kier molecular flexibility index (Phi) is 10.7. The Bertz CT molecular complexity index is 127. The fourth-order valence-electron chi connectivity index (χ4n) is 1.09. The summed E-state index contributed by atoms with van der Waals surface area (Å²) >= 11 is 0. The van der Waals surface area contributed by atoms with Gasteiger partial charge in [0.15, 0.2) is 0 Å². The molecule has 1 nitrogen and oxygen atoms in total. The molecule has 13 heavy (non-hydrogen) atoms. The molecule has 0 atom stereocenters. The normalized spacial score (nSPS) is 10.5. The highest BCUT2D eigenvalue weighted by Gasteiger charge is 1.84. The molecule has 0 aromatic carbocycles. The average Bonchev–Trinajstić information content (AvgIpc) is 2.16. The van der Waals surface area contributed by atoms with Gasteiger partial charge in [-0.25, -0.2) is 0 Å². The molecular formula is C12H22O. The standard InChI is InChI=1S/C12H22O/c1-3-5-6-7-8-9-10-11-12-13-4-2/h4,7-8H,2-3,5-6,9-12H2,1H3. The van der Waals surface area contributed by atoms with Crippen LogP contribution in [0, 0.1) is 0 Å². The lowest BCUT2D eigenvalue weighted by Crippen LogP contribution is -1.85. The third-order valence-corrected chi connectivity index (χ3v) is 1.89. The van der Waals surface area contributed by atoms with Crippen LogP contribution in [0.5, 0.6) is 0 Å². The summed E-state index contributed by atoms with van der Waals surface area (Å²) < 4.78 is 5.02. The molecule has 0 saturated heterocycles. The van der Waals surface area contributed by atoms with Gasteiger partial charge in [0.25, 0.3) is 0 Å². The first-order valence-electron chi connectivity index (χ1n) is 5.29. The largest absolute Gasteiger partial charge is 0.502 e. The Hall–Kier alpha value is -0.720. The molecule has 0 saturated carbocycles. The summed E-state index contributed by atoms with van der Waals surface area (Å²) in [6.07, 6.45) is 13.5. The zero-order valence-electron chi connectivity index (χ0n) is 8.80. The zero-order chi connectivity index (χ0) is 9.78. The van der Waals surface area contributed by atoms with E-state index in [0.29, 0.717) is 0 Å². The second-order valence-corrected chi connectivity index (χ2v) is 3.15. The highest BCUT2D eigenvalue weighted by atomic mass is 16.5. The van der Waals surface area contributed by atoms with Crippen molar-refractivity contribution >= 4 is 0 Å². The second-order valence-electron chi connectivity index (χ2n) is 3.15. The van der Waals surface area contributed by atoms with E-state index in [1.807, 2.05) is 0 Å². The van der Waals surface area contributed by atoms with Crippen LogP contribution in [0.4, 0.5) is 0 Å². The van der Waals surface area contributed by atoms with Crippen LogP contribution in [0.3, 0.4) is 0 Å². The maximum atomic E-state index is 5.02. The molecule has 76 valence electrons. The van der Waals surface area contributed by atoms with Crippen LogP contribution in [0.15, 0.2) is 25.0 Å². The maximum Gasteiger partial charge on any atom is 0.0873 e. The van der Waals surface area contributed by atoms with Crippen molar-refractivity contribution < 1.29 is 4.74 Å².